The van der Waals surface area contributed by atoms with Gasteiger partial charge in [0, 0.05) is 12.8 Å². The average Bonchev–Trinajstić information content (AvgIpc) is 3.46. The highest BCUT2D eigenvalue weighted by Gasteiger charge is 2.22. The number of carbonyl (C=O) groups is 3. The molecule has 0 spiro atoms. The van der Waals surface area contributed by atoms with Crippen LogP contribution in [-0.4, -0.2) is 82.3 Å². The lowest BCUT2D eigenvalue weighted by molar-refractivity contribution is -0.870. The van der Waals surface area contributed by atoms with E-state index in [9.17, 15) is 19.5 Å². The zero-order valence-corrected chi connectivity index (χ0v) is 57.9. The first-order valence-corrected chi connectivity index (χ1v) is 35.2. The second kappa shape index (κ2) is 69.8. The molecule has 0 rings (SSSR count). The molecule has 0 saturated heterocycles. The Labute approximate surface area is 556 Å². The minimum atomic E-state index is -1.65. The van der Waals surface area contributed by atoms with Crippen LogP contribution in [0, 0.1) is 0 Å². The van der Waals surface area contributed by atoms with Crippen LogP contribution in [0.3, 0.4) is 0 Å². The van der Waals surface area contributed by atoms with Crippen molar-refractivity contribution in [3.8, 4) is 0 Å². The Hall–Kier alpha value is -6.13. The maximum atomic E-state index is 12.9. The topological polar surface area (TPSA) is 111 Å². The van der Waals surface area contributed by atoms with Crippen LogP contribution >= 0.6 is 0 Å². The summed E-state index contributed by atoms with van der Waals surface area (Å²) in [6.45, 7) is 4.44. The van der Waals surface area contributed by atoms with Crippen LogP contribution < -0.4 is 5.11 Å². The van der Waals surface area contributed by atoms with Gasteiger partial charge in [0.25, 0.3) is 0 Å². The van der Waals surface area contributed by atoms with Gasteiger partial charge in [-0.15, -0.1) is 0 Å². The highest BCUT2D eigenvalue weighted by Crippen LogP contribution is 2.14. The van der Waals surface area contributed by atoms with Gasteiger partial charge in [-0.1, -0.05) is 278 Å². The second-order valence-electron chi connectivity index (χ2n) is 23.7. The van der Waals surface area contributed by atoms with E-state index in [1.54, 1.807) is 0 Å². The summed E-state index contributed by atoms with van der Waals surface area (Å²) in [5, 5.41) is 11.8. The van der Waals surface area contributed by atoms with Gasteiger partial charge in [0.05, 0.1) is 40.3 Å². The molecule has 0 amide bonds. The first-order valence-electron chi connectivity index (χ1n) is 35.2. The van der Waals surface area contributed by atoms with E-state index >= 15 is 0 Å². The highest BCUT2D eigenvalue weighted by molar-refractivity contribution is 5.70. The minimum absolute atomic E-state index is 0.127. The maximum Gasteiger partial charge on any atom is 0.306 e. The van der Waals surface area contributed by atoms with E-state index in [1.807, 2.05) is 21.1 Å². The maximum absolute atomic E-state index is 12.9. The van der Waals surface area contributed by atoms with E-state index in [-0.39, 0.29) is 38.6 Å². The van der Waals surface area contributed by atoms with Crippen molar-refractivity contribution < 1.29 is 42.9 Å². The van der Waals surface area contributed by atoms with Crippen molar-refractivity contribution in [1.29, 1.82) is 0 Å². The normalized spacial score (nSPS) is 14.0. The standard InChI is InChI=1S/C82H127NO8/c1-6-8-10-12-14-16-18-20-22-24-26-28-30-32-34-35-36-37-38-39-40-41-42-43-44-45-47-49-51-53-55-57-59-61-63-65-67-69-71-73-80(85)91-78(77-90-82(81(86)87)88-75-74-83(3,4)5)76-89-79(84)72-70-68-66-64-62-60-58-56-54-52-50-48-46-33-31-29-27-25-23-21-19-17-15-13-11-9-7-2/h8-11,14-17,20-23,26-29,32-34,36-37,39-40,42-43,45-47,51,53,57,59,63,65,78,82H,6-7,12-13,18-19,24-25,30-31,35,38,41,44,48-50,52,54-56,58,60-62,64,66-77H2,1-5H3/b10-8-,11-9-,16-14-,17-15-,22-20-,23-21-,28-26-,29-27-,34-32-,37-36-,40-39-,43-42-,46-33-,47-45-,53-51-,59-57-,65-63-. The summed E-state index contributed by atoms with van der Waals surface area (Å²) in [5.41, 5.74) is 0. The van der Waals surface area contributed by atoms with E-state index in [0.717, 1.165) is 154 Å². The zero-order chi connectivity index (χ0) is 66.1. The number of unbranched alkanes of at least 4 members (excludes halogenated alkanes) is 13. The molecule has 0 bridgehead atoms. The lowest BCUT2D eigenvalue weighted by Gasteiger charge is -2.26. The summed E-state index contributed by atoms with van der Waals surface area (Å²) >= 11 is 0. The Morgan fingerprint density at radius 3 is 0.901 bits per heavy atom. The molecule has 0 heterocycles. The summed E-state index contributed by atoms with van der Waals surface area (Å²) in [7, 11) is 5.90. The predicted octanol–water partition coefficient (Wildman–Crippen LogP) is 21.0. The van der Waals surface area contributed by atoms with Crippen LogP contribution in [-0.2, 0) is 33.3 Å². The predicted molar refractivity (Wildman–Crippen MR) is 388 cm³/mol. The van der Waals surface area contributed by atoms with Crippen molar-refractivity contribution in [2.75, 3.05) is 47.5 Å². The molecule has 91 heavy (non-hydrogen) atoms. The Morgan fingerprint density at radius 2 is 0.593 bits per heavy atom. The highest BCUT2D eigenvalue weighted by atomic mass is 16.7. The Morgan fingerprint density at radius 1 is 0.330 bits per heavy atom. The summed E-state index contributed by atoms with van der Waals surface area (Å²) in [6, 6.07) is 0. The van der Waals surface area contributed by atoms with Crippen LogP contribution in [0.4, 0.5) is 0 Å². The molecular formula is C82H127NO8. The number of rotatable bonds is 62. The molecule has 9 heteroatoms. The number of likely N-dealkylation sites (N-methyl/N-ethyl adjacent to an activating group) is 1. The smallest absolute Gasteiger partial charge is 0.306 e. The molecule has 0 saturated carbocycles. The van der Waals surface area contributed by atoms with Crippen molar-refractivity contribution >= 4 is 17.9 Å². The number of carboxylic acids is 1. The van der Waals surface area contributed by atoms with E-state index in [1.165, 1.54) is 44.9 Å². The van der Waals surface area contributed by atoms with E-state index in [2.05, 4.69) is 220 Å². The average molecular weight is 1250 g/mol. The lowest BCUT2D eigenvalue weighted by Crippen LogP contribution is -2.44. The Bertz CT molecular complexity index is 2250. The third-order valence-electron chi connectivity index (χ3n) is 14.0. The van der Waals surface area contributed by atoms with Gasteiger partial charge in [-0.3, -0.25) is 9.59 Å². The molecule has 0 aliphatic rings. The fourth-order valence-corrected chi connectivity index (χ4v) is 8.72. The van der Waals surface area contributed by atoms with Gasteiger partial charge >= 0.3 is 11.9 Å². The van der Waals surface area contributed by atoms with Gasteiger partial charge < -0.3 is 33.3 Å². The number of aliphatic carboxylic acids is 1. The van der Waals surface area contributed by atoms with Gasteiger partial charge in [0.2, 0.25) is 0 Å². The van der Waals surface area contributed by atoms with Crippen LogP contribution in [0.25, 0.3) is 0 Å². The molecule has 2 atom stereocenters. The number of nitrogens with zero attached hydrogens (tertiary/aromatic N) is 1. The van der Waals surface area contributed by atoms with Crippen molar-refractivity contribution in [3.05, 3.63) is 207 Å². The molecule has 508 valence electrons. The molecular weight excluding hydrogens is 1130 g/mol. The van der Waals surface area contributed by atoms with Crippen molar-refractivity contribution in [2.45, 2.75) is 245 Å². The molecule has 0 aromatic rings. The molecule has 0 N–H and O–H groups in total. The van der Waals surface area contributed by atoms with Gasteiger partial charge in [-0.2, -0.15) is 0 Å². The van der Waals surface area contributed by atoms with Crippen molar-refractivity contribution in [1.82, 2.24) is 0 Å². The quantitative estimate of drug-likeness (QED) is 0.0195. The Balaban J connectivity index is 4.30. The summed E-state index contributed by atoms with van der Waals surface area (Å²) in [6.07, 6.45) is 106. The number of ether oxygens (including phenoxy) is 4. The van der Waals surface area contributed by atoms with Crippen molar-refractivity contribution in [3.63, 3.8) is 0 Å². The number of allylic oxidation sites excluding steroid dienone is 34. The first kappa shape index (κ1) is 84.9. The molecule has 0 radical (unpaired) electrons. The number of hydrogen-bond acceptors (Lipinski definition) is 8. The molecule has 0 fully saturated rings. The number of quaternary nitrogens is 1. The van der Waals surface area contributed by atoms with Crippen LogP contribution in [0.15, 0.2) is 207 Å². The zero-order valence-electron chi connectivity index (χ0n) is 57.9. The molecule has 0 aromatic carbocycles. The van der Waals surface area contributed by atoms with Crippen LogP contribution in [0.5, 0.6) is 0 Å². The molecule has 0 aromatic heterocycles. The van der Waals surface area contributed by atoms with E-state index in [4.69, 9.17) is 18.9 Å². The number of carbonyl (C=O) groups excluding carboxylic acids is 3. The SMILES string of the molecule is CC/C=C\C/C=C\C/C=C\C/C=C\C/C=C\C/C=C\C/C=C\C/C=C\C/C=C\C/C=C\C/C=C\C/C=C\CCCCC(=O)OC(COC(=O)CCCCCCCCCCCCC/C=C\C/C=C\C/C=C\C/C=C\C/C=C\CC)COC(OCC[N+](C)(C)C)C(=O)[O-]. The van der Waals surface area contributed by atoms with Crippen LogP contribution in [0.1, 0.15) is 232 Å². The molecule has 0 aliphatic carbocycles. The third-order valence-corrected chi connectivity index (χ3v) is 14.0. The summed E-state index contributed by atoms with van der Waals surface area (Å²) in [4.78, 5) is 37.5. The fraction of sp³-hybridized carbons (Fsp3) is 0.549. The number of carboxylic acid groups (broad SMARTS) is 1. The number of hydrogen-bond donors (Lipinski definition) is 0. The van der Waals surface area contributed by atoms with E-state index < -0.39 is 24.3 Å². The van der Waals surface area contributed by atoms with Crippen molar-refractivity contribution in [2.24, 2.45) is 0 Å². The van der Waals surface area contributed by atoms with E-state index in [0.29, 0.717) is 17.4 Å². The number of esters is 2. The second-order valence-corrected chi connectivity index (χ2v) is 23.7. The molecule has 2 unspecified atom stereocenters. The molecule has 9 nitrogen and oxygen atoms in total. The van der Waals surface area contributed by atoms with Gasteiger partial charge in [-0.25, -0.2) is 0 Å². The Kier molecular flexibility index (Phi) is 65.1. The molecule has 0 aliphatic heterocycles. The summed E-state index contributed by atoms with van der Waals surface area (Å²) in [5.74, 6) is -2.37. The van der Waals surface area contributed by atoms with Crippen LogP contribution in [0.2, 0.25) is 0 Å². The van der Waals surface area contributed by atoms with Gasteiger partial charge in [0.15, 0.2) is 12.4 Å². The fourth-order valence-electron chi connectivity index (χ4n) is 8.72. The third kappa shape index (κ3) is 71.2. The summed E-state index contributed by atoms with van der Waals surface area (Å²) < 4.78 is 22.7. The minimum Gasteiger partial charge on any atom is -0.545 e. The van der Waals surface area contributed by atoms with Gasteiger partial charge in [-0.05, 0) is 148 Å². The first-order chi connectivity index (χ1) is 44.6. The van der Waals surface area contributed by atoms with Gasteiger partial charge in [0.1, 0.15) is 13.2 Å². The largest absolute Gasteiger partial charge is 0.545 e. The monoisotopic (exact) mass is 1250 g/mol. The lowest BCUT2D eigenvalue weighted by atomic mass is 10.0.